The van der Waals surface area contributed by atoms with Gasteiger partial charge < -0.3 is 15.5 Å². The number of thioether (sulfide) groups is 1. The highest BCUT2D eigenvalue weighted by atomic mass is 32.2. The zero-order valence-corrected chi connectivity index (χ0v) is 10.0. The van der Waals surface area contributed by atoms with E-state index in [-0.39, 0.29) is 11.9 Å². The van der Waals surface area contributed by atoms with E-state index in [1.807, 2.05) is 6.26 Å². The first-order valence-electron chi connectivity index (χ1n) is 5.39. The summed E-state index contributed by atoms with van der Waals surface area (Å²) >= 11 is 1.48. The summed E-state index contributed by atoms with van der Waals surface area (Å²) in [5.74, 6) is 0.759. The van der Waals surface area contributed by atoms with Crippen LogP contribution in [0.15, 0.2) is 21.6 Å². The number of nitrogens with one attached hydrogen (secondary N) is 1. The van der Waals surface area contributed by atoms with Crippen molar-refractivity contribution in [2.45, 2.75) is 24.0 Å². The minimum atomic E-state index is -0.164. The molecule has 1 aliphatic carbocycles. The Labute approximate surface area is 98.9 Å². The number of carbonyl (C=O) groups excluding carboxylic acids is 1. The maximum atomic E-state index is 11.8. The smallest absolute Gasteiger partial charge is 0.287 e. The second-order valence-electron chi connectivity index (χ2n) is 3.98. The molecule has 0 saturated heterocycles. The van der Waals surface area contributed by atoms with Crippen LogP contribution < -0.4 is 11.1 Å². The van der Waals surface area contributed by atoms with Crippen LogP contribution in [0.1, 0.15) is 23.4 Å². The second-order valence-corrected chi connectivity index (χ2v) is 4.79. The van der Waals surface area contributed by atoms with Gasteiger partial charge in [-0.3, -0.25) is 4.79 Å². The van der Waals surface area contributed by atoms with E-state index in [2.05, 4.69) is 5.32 Å². The van der Waals surface area contributed by atoms with Crippen molar-refractivity contribution in [1.29, 1.82) is 0 Å². The average molecular weight is 240 g/mol. The maximum Gasteiger partial charge on any atom is 0.287 e. The van der Waals surface area contributed by atoms with Crippen molar-refractivity contribution in [3.05, 3.63) is 17.9 Å². The number of nitrogens with two attached hydrogens (primary N) is 1. The average Bonchev–Trinajstić information content (AvgIpc) is 3.02. The van der Waals surface area contributed by atoms with E-state index in [1.54, 1.807) is 12.1 Å². The lowest BCUT2D eigenvalue weighted by atomic mass is 10.2. The van der Waals surface area contributed by atoms with Gasteiger partial charge in [-0.2, -0.15) is 0 Å². The van der Waals surface area contributed by atoms with Crippen molar-refractivity contribution in [1.82, 2.24) is 5.32 Å². The standard InChI is InChI=1S/C11H16N2O2S/c1-16-10-5-4-9(15-10)11(14)13-8(6-12)7-2-3-7/h4-5,7-8H,2-3,6,12H2,1H3,(H,13,14). The predicted octanol–water partition coefficient (Wildman–Crippen LogP) is 1.47. The SMILES string of the molecule is CSc1ccc(C(=O)NC(CN)C2CC2)o1. The van der Waals surface area contributed by atoms with E-state index in [0.717, 1.165) is 17.9 Å². The third kappa shape index (κ3) is 2.59. The summed E-state index contributed by atoms with van der Waals surface area (Å²) in [5, 5.41) is 3.67. The highest BCUT2D eigenvalue weighted by Gasteiger charge is 2.31. The van der Waals surface area contributed by atoms with Gasteiger partial charge in [-0.05, 0) is 37.1 Å². The Morgan fingerprint density at radius 3 is 2.94 bits per heavy atom. The van der Waals surface area contributed by atoms with Gasteiger partial charge in [-0.1, -0.05) is 11.8 Å². The molecule has 1 aromatic rings. The van der Waals surface area contributed by atoms with Crippen molar-refractivity contribution in [3.63, 3.8) is 0 Å². The van der Waals surface area contributed by atoms with E-state index in [4.69, 9.17) is 10.2 Å². The molecule has 1 aliphatic rings. The number of furan rings is 1. The largest absolute Gasteiger partial charge is 0.445 e. The second kappa shape index (κ2) is 4.93. The fraction of sp³-hybridized carbons (Fsp3) is 0.545. The summed E-state index contributed by atoms with van der Waals surface area (Å²) in [6.45, 7) is 0.493. The lowest BCUT2D eigenvalue weighted by molar-refractivity contribution is 0.0900. The van der Waals surface area contributed by atoms with Gasteiger partial charge in [0.25, 0.3) is 5.91 Å². The number of amides is 1. The summed E-state index contributed by atoms with van der Waals surface area (Å²) in [6.07, 6.45) is 4.24. The van der Waals surface area contributed by atoms with E-state index in [9.17, 15) is 4.79 Å². The Morgan fingerprint density at radius 1 is 1.69 bits per heavy atom. The molecule has 0 bridgehead atoms. The van der Waals surface area contributed by atoms with Gasteiger partial charge in [0.05, 0.1) is 0 Å². The molecule has 88 valence electrons. The summed E-state index contributed by atoms with van der Waals surface area (Å²) in [4.78, 5) is 11.8. The van der Waals surface area contributed by atoms with Crippen LogP contribution in [-0.4, -0.2) is 24.7 Å². The molecule has 1 saturated carbocycles. The molecule has 5 heteroatoms. The van der Waals surface area contributed by atoms with Crippen molar-refractivity contribution in [2.75, 3.05) is 12.8 Å². The van der Waals surface area contributed by atoms with Gasteiger partial charge in [0.2, 0.25) is 0 Å². The van der Waals surface area contributed by atoms with Crippen molar-refractivity contribution < 1.29 is 9.21 Å². The van der Waals surface area contributed by atoms with Crippen LogP contribution in [0.5, 0.6) is 0 Å². The molecule has 4 nitrogen and oxygen atoms in total. The summed E-state index contributed by atoms with van der Waals surface area (Å²) < 4.78 is 5.35. The van der Waals surface area contributed by atoms with Crippen LogP contribution in [0.4, 0.5) is 0 Å². The van der Waals surface area contributed by atoms with Gasteiger partial charge in [-0.25, -0.2) is 0 Å². The molecule has 16 heavy (non-hydrogen) atoms. The van der Waals surface area contributed by atoms with Crippen LogP contribution >= 0.6 is 11.8 Å². The monoisotopic (exact) mass is 240 g/mol. The quantitative estimate of drug-likeness (QED) is 0.765. The molecule has 0 spiro atoms. The molecule has 1 aromatic heterocycles. The fourth-order valence-electron chi connectivity index (χ4n) is 1.66. The highest BCUT2D eigenvalue weighted by molar-refractivity contribution is 7.98. The molecule has 1 fully saturated rings. The van der Waals surface area contributed by atoms with Crippen molar-refractivity contribution in [2.24, 2.45) is 11.7 Å². The van der Waals surface area contributed by atoms with Crippen molar-refractivity contribution in [3.8, 4) is 0 Å². The lowest BCUT2D eigenvalue weighted by Crippen LogP contribution is -2.41. The Kier molecular flexibility index (Phi) is 3.56. The van der Waals surface area contributed by atoms with Crippen molar-refractivity contribution >= 4 is 17.7 Å². The fourth-order valence-corrected chi connectivity index (χ4v) is 2.04. The molecule has 0 radical (unpaired) electrons. The predicted molar refractivity (Wildman–Crippen MR) is 63.5 cm³/mol. The molecule has 1 heterocycles. The molecule has 0 aliphatic heterocycles. The summed E-state index contributed by atoms with van der Waals surface area (Å²) in [7, 11) is 0. The van der Waals surface area contributed by atoms with Crippen LogP contribution in [0.2, 0.25) is 0 Å². The first-order chi connectivity index (χ1) is 7.74. The Bertz CT molecular complexity index is 374. The van der Waals surface area contributed by atoms with E-state index >= 15 is 0 Å². The molecule has 1 amide bonds. The first-order valence-corrected chi connectivity index (χ1v) is 6.62. The van der Waals surface area contributed by atoms with Crippen LogP contribution in [0.3, 0.4) is 0 Å². The molecule has 1 unspecified atom stereocenters. The molecular formula is C11H16N2O2S. The Balaban J connectivity index is 1.95. The van der Waals surface area contributed by atoms with Crippen LogP contribution in [-0.2, 0) is 0 Å². The number of hydrogen-bond acceptors (Lipinski definition) is 4. The molecule has 3 N–H and O–H groups in total. The first kappa shape index (κ1) is 11.5. The summed E-state index contributed by atoms with van der Waals surface area (Å²) in [5.41, 5.74) is 5.62. The van der Waals surface area contributed by atoms with Gasteiger partial charge in [-0.15, -0.1) is 0 Å². The minimum absolute atomic E-state index is 0.0929. The normalized spacial score (nSPS) is 17.1. The zero-order chi connectivity index (χ0) is 11.5. The van der Waals surface area contributed by atoms with E-state index in [0.29, 0.717) is 18.2 Å². The molecule has 1 atom stereocenters. The Morgan fingerprint density at radius 2 is 2.44 bits per heavy atom. The topological polar surface area (TPSA) is 68.3 Å². The molecule has 2 rings (SSSR count). The van der Waals surface area contributed by atoms with Crippen LogP contribution in [0, 0.1) is 5.92 Å². The third-order valence-electron chi connectivity index (χ3n) is 2.77. The minimum Gasteiger partial charge on any atom is -0.445 e. The summed E-state index contributed by atoms with van der Waals surface area (Å²) in [6, 6.07) is 3.59. The maximum absolute atomic E-state index is 11.8. The van der Waals surface area contributed by atoms with E-state index < -0.39 is 0 Å². The highest BCUT2D eigenvalue weighted by Crippen LogP contribution is 2.32. The Hall–Kier alpha value is -0.940. The van der Waals surface area contributed by atoms with Gasteiger partial charge >= 0.3 is 0 Å². The number of carbonyl (C=O) groups is 1. The molecular weight excluding hydrogens is 224 g/mol. The van der Waals surface area contributed by atoms with Gasteiger partial charge in [0.1, 0.15) is 0 Å². The van der Waals surface area contributed by atoms with Gasteiger partial charge in [0.15, 0.2) is 10.9 Å². The zero-order valence-electron chi connectivity index (χ0n) is 9.23. The van der Waals surface area contributed by atoms with Crippen LogP contribution in [0.25, 0.3) is 0 Å². The van der Waals surface area contributed by atoms with Gasteiger partial charge in [0, 0.05) is 12.6 Å². The van der Waals surface area contributed by atoms with E-state index in [1.165, 1.54) is 11.8 Å². The third-order valence-corrected chi connectivity index (χ3v) is 3.39. The lowest BCUT2D eigenvalue weighted by Gasteiger charge is -2.14. The molecule has 0 aromatic carbocycles. The number of rotatable bonds is 5. The number of hydrogen-bond donors (Lipinski definition) is 2.